The standard InChI is InChI=1S/C15H13NO2/c1-11-6-8-12(9-7-11)16-13-4-2-3-5-14(13)18-10-15(16)17/h2-9H,10H2,1H3. The van der Waals surface area contributed by atoms with Crippen molar-refractivity contribution in [2.24, 2.45) is 0 Å². The van der Waals surface area contributed by atoms with Crippen LogP contribution in [-0.2, 0) is 4.79 Å². The van der Waals surface area contributed by atoms with Crippen molar-refractivity contribution in [2.75, 3.05) is 11.5 Å². The predicted octanol–water partition coefficient (Wildman–Crippen LogP) is 3.05. The smallest absolute Gasteiger partial charge is 0.269 e. The Morgan fingerprint density at radius 1 is 1.06 bits per heavy atom. The van der Waals surface area contributed by atoms with E-state index in [1.807, 2.05) is 55.5 Å². The molecule has 3 rings (SSSR count). The maximum atomic E-state index is 12.0. The maximum Gasteiger partial charge on any atom is 0.269 e. The fraction of sp³-hybridized carbons (Fsp3) is 0.133. The molecule has 1 aliphatic heterocycles. The molecule has 1 amide bonds. The molecule has 0 bridgehead atoms. The molecule has 0 spiro atoms. The molecule has 3 nitrogen and oxygen atoms in total. The third-order valence-corrected chi connectivity index (χ3v) is 3.00. The molecular formula is C15H13NO2. The quantitative estimate of drug-likeness (QED) is 0.765. The lowest BCUT2D eigenvalue weighted by Gasteiger charge is -2.29. The van der Waals surface area contributed by atoms with Gasteiger partial charge in [-0.25, -0.2) is 0 Å². The van der Waals surface area contributed by atoms with Gasteiger partial charge >= 0.3 is 0 Å². The normalized spacial score (nSPS) is 14.1. The van der Waals surface area contributed by atoms with Crippen LogP contribution in [0.5, 0.6) is 5.75 Å². The topological polar surface area (TPSA) is 29.5 Å². The SMILES string of the molecule is Cc1ccc(N2C(=O)COc3ccccc32)cc1. The van der Waals surface area contributed by atoms with Crippen molar-refractivity contribution in [3.63, 3.8) is 0 Å². The molecule has 90 valence electrons. The highest BCUT2D eigenvalue weighted by Crippen LogP contribution is 2.36. The lowest BCUT2D eigenvalue weighted by atomic mass is 10.1. The van der Waals surface area contributed by atoms with Gasteiger partial charge in [0.1, 0.15) is 5.75 Å². The molecule has 2 aromatic carbocycles. The van der Waals surface area contributed by atoms with Crippen molar-refractivity contribution < 1.29 is 9.53 Å². The Hall–Kier alpha value is -2.29. The average molecular weight is 239 g/mol. The number of ether oxygens (including phenoxy) is 1. The van der Waals surface area contributed by atoms with E-state index in [2.05, 4.69) is 0 Å². The Morgan fingerprint density at radius 3 is 2.56 bits per heavy atom. The van der Waals surface area contributed by atoms with Gasteiger partial charge in [-0.05, 0) is 31.2 Å². The number of fused-ring (bicyclic) bond motifs is 1. The number of aryl methyl sites for hydroxylation is 1. The average Bonchev–Trinajstić information content (AvgIpc) is 2.40. The zero-order valence-corrected chi connectivity index (χ0v) is 10.1. The van der Waals surface area contributed by atoms with Crippen LogP contribution in [0.15, 0.2) is 48.5 Å². The van der Waals surface area contributed by atoms with Gasteiger partial charge in [0.2, 0.25) is 0 Å². The van der Waals surface area contributed by atoms with Crippen LogP contribution in [0, 0.1) is 6.92 Å². The lowest BCUT2D eigenvalue weighted by Crippen LogP contribution is -2.34. The third-order valence-electron chi connectivity index (χ3n) is 3.00. The van der Waals surface area contributed by atoms with Crippen molar-refractivity contribution in [2.45, 2.75) is 6.92 Å². The highest BCUT2D eigenvalue weighted by atomic mass is 16.5. The van der Waals surface area contributed by atoms with E-state index in [0.717, 1.165) is 17.1 Å². The van der Waals surface area contributed by atoms with Gasteiger partial charge in [0.15, 0.2) is 6.61 Å². The van der Waals surface area contributed by atoms with Crippen LogP contribution in [0.3, 0.4) is 0 Å². The number of anilines is 2. The molecule has 1 heterocycles. The van der Waals surface area contributed by atoms with Crippen LogP contribution >= 0.6 is 0 Å². The molecule has 0 fully saturated rings. The first-order valence-corrected chi connectivity index (χ1v) is 5.87. The van der Waals surface area contributed by atoms with E-state index in [9.17, 15) is 4.79 Å². The minimum absolute atomic E-state index is 0.0439. The highest BCUT2D eigenvalue weighted by molar-refractivity contribution is 6.04. The molecule has 1 aliphatic rings. The number of hydrogen-bond donors (Lipinski definition) is 0. The third kappa shape index (κ3) is 1.74. The summed E-state index contributed by atoms with van der Waals surface area (Å²) in [5, 5.41) is 0. The summed E-state index contributed by atoms with van der Waals surface area (Å²) >= 11 is 0. The maximum absolute atomic E-state index is 12.0. The van der Waals surface area contributed by atoms with Gasteiger partial charge in [-0.2, -0.15) is 0 Å². The Labute approximate surface area is 106 Å². The number of benzene rings is 2. The van der Waals surface area contributed by atoms with E-state index in [1.165, 1.54) is 5.56 Å². The summed E-state index contributed by atoms with van der Waals surface area (Å²) in [6.45, 7) is 2.11. The number of rotatable bonds is 1. The van der Waals surface area contributed by atoms with Gasteiger partial charge < -0.3 is 4.74 Å². The van der Waals surface area contributed by atoms with E-state index >= 15 is 0 Å². The number of nitrogens with zero attached hydrogens (tertiary/aromatic N) is 1. The van der Waals surface area contributed by atoms with E-state index < -0.39 is 0 Å². The Bertz CT molecular complexity index is 590. The van der Waals surface area contributed by atoms with Gasteiger partial charge in [0.25, 0.3) is 5.91 Å². The molecule has 0 aliphatic carbocycles. The van der Waals surface area contributed by atoms with Gasteiger partial charge in [-0.1, -0.05) is 29.8 Å². The fourth-order valence-electron chi connectivity index (χ4n) is 2.08. The summed E-state index contributed by atoms with van der Waals surface area (Å²) in [6, 6.07) is 15.5. The fourth-order valence-corrected chi connectivity index (χ4v) is 2.08. The largest absolute Gasteiger partial charge is 0.482 e. The van der Waals surface area contributed by atoms with Crippen LogP contribution in [0.1, 0.15) is 5.56 Å². The first kappa shape index (κ1) is 10.8. The van der Waals surface area contributed by atoms with Gasteiger partial charge in [-0.3, -0.25) is 9.69 Å². The van der Waals surface area contributed by atoms with E-state index in [1.54, 1.807) is 4.90 Å². The molecular weight excluding hydrogens is 226 g/mol. The van der Waals surface area contributed by atoms with Crippen molar-refractivity contribution in [1.82, 2.24) is 0 Å². The van der Waals surface area contributed by atoms with Gasteiger partial charge in [0.05, 0.1) is 5.69 Å². The van der Waals surface area contributed by atoms with Crippen LogP contribution in [0.25, 0.3) is 0 Å². The molecule has 0 saturated heterocycles. The van der Waals surface area contributed by atoms with Crippen molar-refractivity contribution >= 4 is 17.3 Å². The Kier molecular flexibility index (Phi) is 2.52. The second-order valence-corrected chi connectivity index (χ2v) is 4.32. The highest BCUT2D eigenvalue weighted by Gasteiger charge is 2.26. The zero-order valence-electron chi connectivity index (χ0n) is 10.1. The van der Waals surface area contributed by atoms with E-state index in [-0.39, 0.29) is 12.5 Å². The molecule has 0 N–H and O–H groups in total. The summed E-state index contributed by atoms with van der Waals surface area (Å²) < 4.78 is 5.42. The van der Waals surface area contributed by atoms with Crippen molar-refractivity contribution in [3.8, 4) is 5.75 Å². The monoisotopic (exact) mass is 239 g/mol. The summed E-state index contributed by atoms with van der Waals surface area (Å²) in [4.78, 5) is 13.7. The first-order chi connectivity index (χ1) is 8.75. The van der Waals surface area contributed by atoms with Crippen LogP contribution in [-0.4, -0.2) is 12.5 Å². The number of carbonyl (C=O) groups is 1. The lowest BCUT2D eigenvalue weighted by molar-refractivity contribution is -0.120. The molecule has 0 aromatic heterocycles. The Morgan fingerprint density at radius 2 is 1.78 bits per heavy atom. The van der Waals surface area contributed by atoms with Gasteiger partial charge in [-0.15, -0.1) is 0 Å². The van der Waals surface area contributed by atoms with E-state index in [4.69, 9.17) is 4.74 Å². The minimum Gasteiger partial charge on any atom is -0.482 e. The van der Waals surface area contributed by atoms with Crippen LogP contribution < -0.4 is 9.64 Å². The summed E-state index contributed by atoms with van der Waals surface area (Å²) in [5.41, 5.74) is 2.85. The molecule has 0 radical (unpaired) electrons. The minimum atomic E-state index is -0.0439. The molecule has 18 heavy (non-hydrogen) atoms. The van der Waals surface area contributed by atoms with Crippen LogP contribution in [0.4, 0.5) is 11.4 Å². The number of amides is 1. The number of carbonyl (C=O) groups excluding carboxylic acids is 1. The molecule has 2 aromatic rings. The number of hydrogen-bond acceptors (Lipinski definition) is 2. The number of para-hydroxylation sites is 2. The first-order valence-electron chi connectivity index (χ1n) is 5.87. The van der Waals surface area contributed by atoms with Crippen molar-refractivity contribution in [1.29, 1.82) is 0 Å². The summed E-state index contributed by atoms with van der Waals surface area (Å²) in [7, 11) is 0. The summed E-state index contributed by atoms with van der Waals surface area (Å²) in [6.07, 6.45) is 0. The van der Waals surface area contributed by atoms with E-state index in [0.29, 0.717) is 0 Å². The van der Waals surface area contributed by atoms with Crippen molar-refractivity contribution in [3.05, 3.63) is 54.1 Å². The predicted molar refractivity (Wildman–Crippen MR) is 70.3 cm³/mol. The Balaban J connectivity index is 2.10. The summed E-state index contributed by atoms with van der Waals surface area (Å²) in [5.74, 6) is 0.704. The second-order valence-electron chi connectivity index (χ2n) is 4.32. The van der Waals surface area contributed by atoms with Gasteiger partial charge in [0, 0.05) is 5.69 Å². The molecule has 0 saturated carbocycles. The molecule has 0 atom stereocenters. The second kappa shape index (κ2) is 4.18. The molecule has 3 heteroatoms. The molecule has 0 unspecified atom stereocenters. The van der Waals surface area contributed by atoms with Crippen LogP contribution in [0.2, 0.25) is 0 Å². The zero-order chi connectivity index (χ0) is 12.5.